The van der Waals surface area contributed by atoms with Crippen LogP contribution in [0.3, 0.4) is 0 Å². The topological polar surface area (TPSA) is 85.7 Å². The summed E-state index contributed by atoms with van der Waals surface area (Å²) in [6.07, 6.45) is 1.08. The van der Waals surface area contributed by atoms with Crippen LogP contribution in [0.25, 0.3) is 0 Å². The van der Waals surface area contributed by atoms with Crippen LogP contribution in [0.5, 0.6) is 11.5 Å². The number of aromatic nitrogens is 2. The van der Waals surface area contributed by atoms with E-state index in [0.717, 1.165) is 24.5 Å². The van der Waals surface area contributed by atoms with Crippen molar-refractivity contribution in [1.82, 2.24) is 9.78 Å². The van der Waals surface area contributed by atoms with E-state index in [0.29, 0.717) is 23.7 Å². The molecular weight excluding hydrogens is 348 g/mol. The fourth-order valence-electron chi connectivity index (χ4n) is 3.13. The lowest BCUT2D eigenvalue weighted by molar-refractivity contribution is -0.122. The number of carbonyl (C=O) groups is 2. The summed E-state index contributed by atoms with van der Waals surface area (Å²) in [7, 11) is 3.09. The Kier molecular flexibility index (Phi) is 5.63. The van der Waals surface area contributed by atoms with Crippen LogP contribution in [-0.2, 0) is 16.1 Å². The zero-order valence-electron chi connectivity index (χ0n) is 15.8. The average molecular weight is 372 g/mol. The van der Waals surface area contributed by atoms with Crippen LogP contribution in [0.1, 0.15) is 25.0 Å². The molecule has 27 heavy (non-hydrogen) atoms. The fraction of sp³-hybridized carbons (Fsp3) is 0.421. The highest BCUT2D eigenvalue weighted by molar-refractivity contribution is 5.98. The highest BCUT2D eigenvalue weighted by Gasteiger charge is 2.24. The highest BCUT2D eigenvalue weighted by Crippen LogP contribution is 2.29. The minimum absolute atomic E-state index is 0.0762. The molecule has 0 fully saturated rings. The van der Waals surface area contributed by atoms with Crippen molar-refractivity contribution >= 4 is 23.3 Å². The van der Waals surface area contributed by atoms with E-state index in [4.69, 9.17) is 9.47 Å². The molecule has 1 N–H and O–H groups in total. The van der Waals surface area contributed by atoms with Gasteiger partial charge in [-0.1, -0.05) is 0 Å². The van der Waals surface area contributed by atoms with Crippen molar-refractivity contribution < 1.29 is 19.1 Å². The SMILES string of the molecule is COc1ccc(NC(=O)CCC(=O)N2CCCn3nc(C)cc32)c(OC)c1. The van der Waals surface area contributed by atoms with Gasteiger partial charge in [-0.05, 0) is 25.5 Å². The van der Waals surface area contributed by atoms with Crippen molar-refractivity contribution in [2.75, 3.05) is 31.0 Å². The first-order valence-corrected chi connectivity index (χ1v) is 8.88. The Morgan fingerprint density at radius 2 is 1.96 bits per heavy atom. The molecule has 2 amide bonds. The molecule has 3 rings (SSSR count). The molecule has 0 bridgehead atoms. The third-order valence-electron chi connectivity index (χ3n) is 4.46. The van der Waals surface area contributed by atoms with Gasteiger partial charge < -0.3 is 14.8 Å². The smallest absolute Gasteiger partial charge is 0.228 e. The number of hydrogen-bond acceptors (Lipinski definition) is 5. The molecule has 2 aromatic rings. The molecule has 1 aromatic carbocycles. The Morgan fingerprint density at radius 3 is 2.70 bits per heavy atom. The number of rotatable bonds is 6. The fourth-order valence-corrected chi connectivity index (χ4v) is 3.13. The van der Waals surface area contributed by atoms with E-state index in [-0.39, 0.29) is 24.7 Å². The largest absolute Gasteiger partial charge is 0.497 e. The van der Waals surface area contributed by atoms with Gasteiger partial charge in [-0.25, -0.2) is 4.68 Å². The van der Waals surface area contributed by atoms with Crippen molar-refractivity contribution in [2.24, 2.45) is 0 Å². The molecule has 144 valence electrons. The summed E-state index contributed by atoms with van der Waals surface area (Å²) < 4.78 is 12.3. The van der Waals surface area contributed by atoms with Crippen molar-refractivity contribution in [3.8, 4) is 11.5 Å². The summed E-state index contributed by atoms with van der Waals surface area (Å²) >= 11 is 0. The number of ether oxygens (including phenoxy) is 2. The zero-order valence-corrected chi connectivity index (χ0v) is 15.8. The molecule has 0 saturated carbocycles. The van der Waals surface area contributed by atoms with Gasteiger partial charge >= 0.3 is 0 Å². The van der Waals surface area contributed by atoms with Gasteiger partial charge in [0.25, 0.3) is 0 Å². The Bertz CT molecular complexity index is 846. The first-order chi connectivity index (χ1) is 13.0. The molecule has 0 unspecified atom stereocenters. The van der Waals surface area contributed by atoms with Crippen molar-refractivity contribution in [2.45, 2.75) is 32.7 Å². The third-order valence-corrected chi connectivity index (χ3v) is 4.46. The molecule has 8 heteroatoms. The molecule has 1 aliphatic heterocycles. The number of carbonyl (C=O) groups excluding carboxylic acids is 2. The Balaban J connectivity index is 1.59. The minimum atomic E-state index is -0.242. The number of nitrogens with one attached hydrogen (secondary N) is 1. The number of fused-ring (bicyclic) bond motifs is 1. The molecule has 1 aliphatic rings. The molecule has 0 atom stereocenters. The summed E-state index contributed by atoms with van der Waals surface area (Å²) in [5.74, 6) is 1.63. The molecule has 2 heterocycles. The number of benzene rings is 1. The number of anilines is 2. The molecule has 1 aromatic heterocycles. The van der Waals surface area contributed by atoms with E-state index >= 15 is 0 Å². The van der Waals surface area contributed by atoms with Crippen LogP contribution >= 0.6 is 0 Å². The van der Waals surface area contributed by atoms with Gasteiger partial charge in [-0.15, -0.1) is 0 Å². The summed E-state index contributed by atoms with van der Waals surface area (Å²) in [6, 6.07) is 7.04. The van der Waals surface area contributed by atoms with Crippen LogP contribution < -0.4 is 19.7 Å². The lowest BCUT2D eigenvalue weighted by Crippen LogP contribution is -2.37. The number of hydrogen-bond donors (Lipinski definition) is 1. The highest BCUT2D eigenvalue weighted by atomic mass is 16.5. The van der Waals surface area contributed by atoms with Gasteiger partial charge in [0, 0.05) is 38.1 Å². The van der Waals surface area contributed by atoms with Gasteiger partial charge in [0.05, 0.1) is 25.6 Å². The molecule has 0 spiro atoms. The second-order valence-electron chi connectivity index (χ2n) is 6.38. The lowest BCUT2D eigenvalue weighted by atomic mass is 10.2. The summed E-state index contributed by atoms with van der Waals surface area (Å²) in [5.41, 5.74) is 1.43. The maximum Gasteiger partial charge on any atom is 0.228 e. The van der Waals surface area contributed by atoms with Crippen LogP contribution in [0.4, 0.5) is 11.5 Å². The number of aryl methyl sites for hydroxylation is 2. The number of amides is 2. The monoisotopic (exact) mass is 372 g/mol. The maximum atomic E-state index is 12.6. The van der Waals surface area contributed by atoms with Gasteiger partial charge in [0.2, 0.25) is 11.8 Å². The maximum absolute atomic E-state index is 12.6. The van der Waals surface area contributed by atoms with Crippen molar-refractivity contribution in [1.29, 1.82) is 0 Å². The first-order valence-electron chi connectivity index (χ1n) is 8.88. The Hall–Kier alpha value is -3.03. The van der Waals surface area contributed by atoms with E-state index in [1.165, 1.54) is 7.11 Å². The predicted octanol–water partition coefficient (Wildman–Crippen LogP) is 2.36. The van der Waals surface area contributed by atoms with E-state index in [1.807, 2.05) is 17.7 Å². The second-order valence-corrected chi connectivity index (χ2v) is 6.38. The molecule has 0 radical (unpaired) electrons. The van der Waals surface area contributed by atoms with Crippen LogP contribution in [0.2, 0.25) is 0 Å². The zero-order chi connectivity index (χ0) is 19.4. The minimum Gasteiger partial charge on any atom is -0.497 e. The first kappa shape index (κ1) is 18.8. The van der Waals surface area contributed by atoms with E-state index in [1.54, 1.807) is 30.2 Å². The normalized spacial score (nSPS) is 13.1. The average Bonchev–Trinajstić information content (AvgIpc) is 3.06. The van der Waals surface area contributed by atoms with Crippen LogP contribution in [-0.4, -0.2) is 42.4 Å². The number of methoxy groups -OCH3 is 2. The Morgan fingerprint density at radius 1 is 1.15 bits per heavy atom. The Labute approximate surface area is 158 Å². The van der Waals surface area contributed by atoms with Gasteiger partial charge in [-0.2, -0.15) is 5.10 Å². The van der Waals surface area contributed by atoms with E-state index in [9.17, 15) is 9.59 Å². The summed E-state index contributed by atoms with van der Waals surface area (Å²) in [5, 5.41) is 7.17. The summed E-state index contributed by atoms with van der Waals surface area (Å²) in [6.45, 7) is 3.37. The molecule has 0 aliphatic carbocycles. The van der Waals surface area contributed by atoms with Gasteiger partial charge in [0.15, 0.2) is 0 Å². The van der Waals surface area contributed by atoms with Crippen molar-refractivity contribution in [3.63, 3.8) is 0 Å². The van der Waals surface area contributed by atoms with Gasteiger partial charge in [-0.3, -0.25) is 14.5 Å². The second kappa shape index (κ2) is 8.11. The molecule has 0 saturated heterocycles. The molecular formula is C19H24N4O4. The van der Waals surface area contributed by atoms with Gasteiger partial charge in [0.1, 0.15) is 17.3 Å². The molecule has 8 nitrogen and oxygen atoms in total. The van der Waals surface area contributed by atoms with Crippen molar-refractivity contribution in [3.05, 3.63) is 30.0 Å². The standard InChI is InChI=1S/C19H24N4O4/c1-13-11-18-22(9-4-10-23(18)21-13)19(25)8-7-17(24)20-15-6-5-14(26-2)12-16(15)27-3/h5-6,11-12H,4,7-10H2,1-3H3,(H,20,24). The summed E-state index contributed by atoms with van der Waals surface area (Å²) in [4.78, 5) is 26.6. The van der Waals surface area contributed by atoms with Crippen LogP contribution in [0.15, 0.2) is 24.3 Å². The van der Waals surface area contributed by atoms with E-state index < -0.39 is 0 Å². The number of nitrogens with zero attached hydrogens (tertiary/aromatic N) is 3. The van der Waals surface area contributed by atoms with Crippen LogP contribution in [0, 0.1) is 6.92 Å². The lowest BCUT2D eigenvalue weighted by Gasteiger charge is -2.27. The predicted molar refractivity (Wildman–Crippen MR) is 101 cm³/mol. The third kappa shape index (κ3) is 4.21. The van der Waals surface area contributed by atoms with E-state index in [2.05, 4.69) is 10.4 Å². The quantitative estimate of drug-likeness (QED) is 0.841.